The monoisotopic (exact) mass is 257 g/mol. The third kappa shape index (κ3) is 2.27. The first-order chi connectivity index (χ1) is 9.33. The van der Waals surface area contributed by atoms with Gasteiger partial charge in [0.2, 0.25) is 0 Å². The van der Waals surface area contributed by atoms with Crippen molar-refractivity contribution in [1.82, 2.24) is 15.1 Å². The molecule has 2 atom stereocenters. The molecule has 3 nitrogen and oxygen atoms in total. The molecule has 102 valence electrons. The highest BCUT2D eigenvalue weighted by Crippen LogP contribution is 2.37. The topological polar surface area (TPSA) is 29.9 Å². The Morgan fingerprint density at radius 3 is 2.74 bits per heavy atom. The van der Waals surface area contributed by atoms with E-state index in [0.717, 1.165) is 31.3 Å². The van der Waals surface area contributed by atoms with E-state index in [-0.39, 0.29) is 0 Å². The number of benzene rings is 1. The van der Waals surface area contributed by atoms with E-state index >= 15 is 0 Å². The first kappa shape index (κ1) is 12.7. The molecule has 0 amide bonds. The minimum Gasteiger partial charge on any atom is -0.319 e. The van der Waals surface area contributed by atoms with Crippen LogP contribution in [0.3, 0.4) is 0 Å². The molecule has 0 spiro atoms. The normalized spacial score (nSPS) is 22.6. The lowest BCUT2D eigenvalue weighted by atomic mass is 9.71. The first-order valence-corrected chi connectivity index (χ1v) is 7.42. The Balaban J connectivity index is 1.85. The summed E-state index contributed by atoms with van der Waals surface area (Å²) in [6, 6.07) is 8.63. The van der Waals surface area contributed by atoms with Crippen molar-refractivity contribution >= 4 is 10.9 Å². The van der Waals surface area contributed by atoms with E-state index in [1.165, 1.54) is 29.4 Å². The van der Waals surface area contributed by atoms with Gasteiger partial charge in [-0.15, -0.1) is 0 Å². The van der Waals surface area contributed by atoms with E-state index in [0.29, 0.717) is 0 Å². The van der Waals surface area contributed by atoms with E-state index in [4.69, 9.17) is 5.10 Å². The Bertz CT molecular complexity index is 558. The summed E-state index contributed by atoms with van der Waals surface area (Å²) in [6.45, 7) is 4.26. The zero-order valence-corrected chi connectivity index (χ0v) is 11.9. The van der Waals surface area contributed by atoms with Gasteiger partial charge in [0, 0.05) is 11.9 Å². The zero-order chi connectivity index (χ0) is 13.2. The predicted molar refractivity (Wildman–Crippen MR) is 79.3 cm³/mol. The molecule has 1 aliphatic carbocycles. The van der Waals surface area contributed by atoms with Crippen molar-refractivity contribution in [2.75, 3.05) is 13.6 Å². The van der Waals surface area contributed by atoms with E-state index in [1.807, 2.05) is 0 Å². The van der Waals surface area contributed by atoms with Crippen LogP contribution < -0.4 is 5.32 Å². The second kappa shape index (κ2) is 5.33. The highest BCUT2D eigenvalue weighted by atomic mass is 15.3. The Hall–Kier alpha value is -1.35. The number of nitrogens with one attached hydrogen (secondary N) is 1. The summed E-state index contributed by atoms with van der Waals surface area (Å²) in [6.07, 6.45) is 3.87. The number of para-hydroxylation sites is 1. The molecule has 2 aromatic rings. The van der Waals surface area contributed by atoms with Crippen LogP contribution in [0.5, 0.6) is 0 Å². The lowest BCUT2D eigenvalue weighted by molar-refractivity contribution is 0.173. The van der Waals surface area contributed by atoms with Gasteiger partial charge in [-0.1, -0.05) is 18.2 Å². The molecule has 1 N–H and O–H groups in total. The second-order valence-corrected chi connectivity index (χ2v) is 5.64. The first-order valence-electron chi connectivity index (χ1n) is 7.42. The van der Waals surface area contributed by atoms with Crippen molar-refractivity contribution < 1.29 is 0 Å². The molecule has 1 aromatic heterocycles. The van der Waals surface area contributed by atoms with Gasteiger partial charge in [0.05, 0.1) is 11.2 Å². The molecule has 3 heteroatoms. The number of rotatable bonds is 5. The lowest BCUT2D eigenvalue weighted by Crippen LogP contribution is -2.35. The van der Waals surface area contributed by atoms with Crippen LogP contribution in [-0.4, -0.2) is 23.4 Å². The average molecular weight is 257 g/mol. The fourth-order valence-corrected chi connectivity index (χ4v) is 3.27. The van der Waals surface area contributed by atoms with Crippen LogP contribution in [0.25, 0.3) is 10.9 Å². The number of hydrogen-bond acceptors (Lipinski definition) is 2. The molecule has 2 unspecified atom stereocenters. The van der Waals surface area contributed by atoms with Crippen LogP contribution in [0.1, 0.15) is 25.5 Å². The zero-order valence-electron chi connectivity index (χ0n) is 11.9. The molecule has 19 heavy (non-hydrogen) atoms. The number of fused-ring (bicyclic) bond motifs is 1. The van der Waals surface area contributed by atoms with Crippen molar-refractivity contribution in [1.29, 1.82) is 0 Å². The van der Waals surface area contributed by atoms with Gasteiger partial charge >= 0.3 is 0 Å². The molecule has 1 saturated carbocycles. The number of nitrogens with zero attached hydrogens (tertiary/aromatic N) is 2. The van der Waals surface area contributed by atoms with Gasteiger partial charge in [0.15, 0.2) is 0 Å². The summed E-state index contributed by atoms with van der Waals surface area (Å²) >= 11 is 0. The number of aromatic nitrogens is 2. The summed E-state index contributed by atoms with van der Waals surface area (Å²) in [7, 11) is 2.05. The lowest BCUT2D eigenvalue weighted by Gasteiger charge is -2.36. The van der Waals surface area contributed by atoms with E-state index in [9.17, 15) is 0 Å². The maximum atomic E-state index is 4.82. The van der Waals surface area contributed by atoms with Gasteiger partial charge < -0.3 is 5.32 Å². The molecule has 0 aliphatic heterocycles. The van der Waals surface area contributed by atoms with Crippen LogP contribution in [0.15, 0.2) is 24.3 Å². The molecule has 0 saturated heterocycles. The molecule has 1 aromatic carbocycles. The smallest absolute Gasteiger partial charge is 0.0706 e. The fraction of sp³-hybridized carbons (Fsp3) is 0.562. The molecular weight excluding hydrogens is 234 g/mol. The van der Waals surface area contributed by atoms with Crippen molar-refractivity contribution in [3.63, 3.8) is 0 Å². The van der Waals surface area contributed by atoms with Crippen molar-refractivity contribution in [3.05, 3.63) is 30.0 Å². The maximum Gasteiger partial charge on any atom is 0.0706 e. The van der Waals surface area contributed by atoms with Gasteiger partial charge in [-0.3, -0.25) is 4.68 Å². The minimum atomic E-state index is 0.816. The standard InChI is InChI=1S/C16H23N3/c1-3-19-16-7-5-4-6-14(16)15(18-19)10-12-8-9-13(12)11-17-2/h4-7,12-13,17H,3,8-11H2,1-2H3. The summed E-state index contributed by atoms with van der Waals surface area (Å²) in [5, 5.41) is 9.48. The summed E-state index contributed by atoms with van der Waals surface area (Å²) in [5.74, 6) is 1.66. The van der Waals surface area contributed by atoms with Crippen molar-refractivity contribution in [2.45, 2.75) is 32.7 Å². The second-order valence-electron chi connectivity index (χ2n) is 5.64. The third-order valence-corrected chi connectivity index (χ3v) is 4.53. The van der Waals surface area contributed by atoms with Gasteiger partial charge in [0.25, 0.3) is 0 Å². The quantitative estimate of drug-likeness (QED) is 0.892. The molecule has 0 radical (unpaired) electrons. The van der Waals surface area contributed by atoms with Crippen molar-refractivity contribution in [2.24, 2.45) is 11.8 Å². The minimum absolute atomic E-state index is 0.816. The van der Waals surface area contributed by atoms with E-state index < -0.39 is 0 Å². The van der Waals surface area contributed by atoms with Crippen LogP contribution in [-0.2, 0) is 13.0 Å². The van der Waals surface area contributed by atoms with Crippen molar-refractivity contribution in [3.8, 4) is 0 Å². The molecule has 1 heterocycles. The highest BCUT2D eigenvalue weighted by Gasteiger charge is 2.31. The summed E-state index contributed by atoms with van der Waals surface area (Å²) in [4.78, 5) is 0. The highest BCUT2D eigenvalue weighted by molar-refractivity contribution is 5.81. The van der Waals surface area contributed by atoms with Gasteiger partial charge in [0.1, 0.15) is 0 Å². The van der Waals surface area contributed by atoms with Gasteiger partial charge in [-0.25, -0.2) is 0 Å². The average Bonchev–Trinajstić information content (AvgIpc) is 2.79. The van der Waals surface area contributed by atoms with E-state index in [2.05, 4.69) is 48.2 Å². The Morgan fingerprint density at radius 1 is 1.26 bits per heavy atom. The summed E-state index contributed by atoms with van der Waals surface area (Å²) < 4.78 is 2.14. The largest absolute Gasteiger partial charge is 0.319 e. The van der Waals surface area contributed by atoms with Gasteiger partial charge in [-0.05, 0) is 57.7 Å². The number of hydrogen-bond donors (Lipinski definition) is 1. The molecule has 3 rings (SSSR count). The SMILES string of the molecule is CCn1nc(CC2CCC2CNC)c2ccccc21. The third-order valence-electron chi connectivity index (χ3n) is 4.53. The Morgan fingerprint density at radius 2 is 2.05 bits per heavy atom. The molecule has 1 aliphatic rings. The van der Waals surface area contributed by atoms with Crippen LogP contribution in [0.4, 0.5) is 0 Å². The Labute approximate surface area is 115 Å². The van der Waals surface area contributed by atoms with Crippen LogP contribution in [0, 0.1) is 11.8 Å². The fourth-order valence-electron chi connectivity index (χ4n) is 3.27. The maximum absolute atomic E-state index is 4.82. The molecule has 0 bridgehead atoms. The number of aryl methyl sites for hydroxylation is 1. The summed E-state index contributed by atoms with van der Waals surface area (Å²) in [5.41, 5.74) is 2.58. The van der Waals surface area contributed by atoms with Crippen LogP contribution >= 0.6 is 0 Å². The van der Waals surface area contributed by atoms with E-state index in [1.54, 1.807) is 0 Å². The van der Waals surface area contributed by atoms with Crippen LogP contribution in [0.2, 0.25) is 0 Å². The molecule has 1 fully saturated rings. The predicted octanol–water partition coefficient (Wildman–Crippen LogP) is 2.84. The molecular formula is C16H23N3. The Kier molecular flexibility index (Phi) is 3.56. The van der Waals surface area contributed by atoms with Gasteiger partial charge in [-0.2, -0.15) is 5.10 Å².